The predicted molar refractivity (Wildman–Crippen MR) is 38.9 cm³/mol. The van der Waals surface area contributed by atoms with Crippen molar-refractivity contribution in [2.24, 2.45) is 0 Å². The number of rotatable bonds is 1. The predicted octanol–water partition coefficient (Wildman–Crippen LogP) is 1.29. The fourth-order valence-electron chi connectivity index (χ4n) is 0.858. The van der Waals surface area contributed by atoms with E-state index in [0.717, 1.165) is 12.3 Å². The van der Waals surface area contributed by atoms with E-state index in [1.807, 2.05) is 0 Å². The highest BCUT2D eigenvalue weighted by Crippen LogP contribution is 2.10. The summed E-state index contributed by atoms with van der Waals surface area (Å²) in [6.45, 7) is 1.20. The summed E-state index contributed by atoms with van der Waals surface area (Å²) < 4.78 is 12.9. The number of nitrogens with zero attached hydrogens (tertiary/aromatic N) is 2. The van der Waals surface area contributed by atoms with Gasteiger partial charge in [0.2, 0.25) is 0 Å². The van der Waals surface area contributed by atoms with Crippen molar-refractivity contribution in [1.29, 1.82) is 5.26 Å². The average Bonchev–Trinajstić information content (AvgIpc) is 2.03. The van der Waals surface area contributed by atoms with Crippen molar-refractivity contribution < 1.29 is 9.18 Å². The monoisotopic (exact) mass is 164 g/mol. The van der Waals surface area contributed by atoms with Gasteiger partial charge in [-0.05, 0) is 13.0 Å². The SMILES string of the molecule is CC(=O)c1c(F)ccnc1C#N. The van der Waals surface area contributed by atoms with Crippen LogP contribution < -0.4 is 0 Å². The first-order chi connectivity index (χ1) is 5.66. The first-order valence-corrected chi connectivity index (χ1v) is 3.22. The molecule has 12 heavy (non-hydrogen) atoms. The number of hydrogen-bond acceptors (Lipinski definition) is 3. The van der Waals surface area contributed by atoms with Gasteiger partial charge >= 0.3 is 0 Å². The summed E-state index contributed by atoms with van der Waals surface area (Å²) in [5.74, 6) is -1.19. The number of Topliss-reactive ketones (excluding diaryl/α,β-unsaturated/α-hetero) is 1. The van der Waals surface area contributed by atoms with E-state index in [-0.39, 0.29) is 11.3 Å². The molecule has 1 aromatic heterocycles. The smallest absolute Gasteiger partial charge is 0.165 e. The lowest BCUT2D eigenvalue weighted by molar-refractivity contribution is 0.101. The normalized spacial score (nSPS) is 9.08. The molecule has 0 spiro atoms. The summed E-state index contributed by atoms with van der Waals surface area (Å²) >= 11 is 0. The molecule has 4 heteroatoms. The molecule has 0 radical (unpaired) electrons. The molecule has 0 unspecified atom stereocenters. The van der Waals surface area contributed by atoms with Gasteiger partial charge < -0.3 is 0 Å². The molecule has 0 aromatic carbocycles. The molecule has 1 rings (SSSR count). The van der Waals surface area contributed by atoms with E-state index in [1.165, 1.54) is 6.92 Å². The van der Waals surface area contributed by atoms with Crippen LogP contribution in [0.4, 0.5) is 4.39 Å². The standard InChI is InChI=1S/C8H5FN2O/c1-5(12)8-6(9)2-3-11-7(8)4-10/h2-3H,1H3. The van der Waals surface area contributed by atoms with Gasteiger partial charge in [0, 0.05) is 6.20 Å². The quantitative estimate of drug-likeness (QED) is 0.587. The molecule has 0 aliphatic carbocycles. The second-order valence-corrected chi connectivity index (χ2v) is 2.18. The van der Waals surface area contributed by atoms with Gasteiger partial charge in [0.25, 0.3) is 0 Å². The molecule has 3 nitrogen and oxygen atoms in total. The maximum atomic E-state index is 12.9. The molecular weight excluding hydrogens is 159 g/mol. The minimum atomic E-state index is -0.700. The van der Waals surface area contributed by atoms with E-state index in [4.69, 9.17) is 5.26 Å². The molecule has 0 N–H and O–H groups in total. The third-order valence-corrected chi connectivity index (χ3v) is 1.36. The molecule has 0 fully saturated rings. The van der Waals surface area contributed by atoms with Crippen LogP contribution in [0.25, 0.3) is 0 Å². The summed E-state index contributed by atoms with van der Waals surface area (Å²) in [6, 6.07) is 2.70. The Morgan fingerprint density at radius 1 is 1.75 bits per heavy atom. The van der Waals surface area contributed by atoms with Crippen molar-refractivity contribution in [1.82, 2.24) is 4.98 Å². The van der Waals surface area contributed by atoms with Gasteiger partial charge in [-0.2, -0.15) is 5.26 Å². The van der Waals surface area contributed by atoms with Crippen molar-refractivity contribution in [2.45, 2.75) is 6.92 Å². The molecule has 0 amide bonds. The second-order valence-electron chi connectivity index (χ2n) is 2.18. The molecule has 0 saturated heterocycles. The zero-order valence-electron chi connectivity index (χ0n) is 6.34. The molecule has 0 atom stereocenters. The lowest BCUT2D eigenvalue weighted by Crippen LogP contribution is -2.02. The van der Waals surface area contributed by atoms with E-state index in [9.17, 15) is 9.18 Å². The Labute approximate surface area is 68.5 Å². The van der Waals surface area contributed by atoms with Crippen LogP contribution in [0, 0.1) is 17.1 Å². The molecule has 60 valence electrons. The summed E-state index contributed by atoms with van der Waals surface area (Å²) in [4.78, 5) is 14.4. The van der Waals surface area contributed by atoms with Crippen LogP contribution in [0.3, 0.4) is 0 Å². The summed E-state index contributed by atoms with van der Waals surface area (Å²) in [6.07, 6.45) is 1.15. The number of halogens is 1. The number of aromatic nitrogens is 1. The Kier molecular flexibility index (Phi) is 2.15. The minimum absolute atomic E-state index is 0.164. The van der Waals surface area contributed by atoms with Crippen LogP contribution in [-0.4, -0.2) is 10.8 Å². The molecule has 0 bridgehead atoms. The number of carbonyl (C=O) groups excluding carboxylic acids is 1. The van der Waals surface area contributed by atoms with E-state index in [2.05, 4.69) is 4.98 Å². The molecule has 0 aliphatic heterocycles. The van der Waals surface area contributed by atoms with Crippen molar-refractivity contribution >= 4 is 5.78 Å². The second kappa shape index (κ2) is 3.09. The van der Waals surface area contributed by atoms with Crippen molar-refractivity contribution in [3.05, 3.63) is 29.3 Å². The van der Waals surface area contributed by atoms with Crippen molar-refractivity contribution in [3.8, 4) is 6.07 Å². The zero-order chi connectivity index (χ0) is 9.14. The molecule has 1 aromatic rings. The molecule has 0 aliphatic rings. The van der Waals surface area contributed by atoms with E-state index in [0.29, 0.717) is 0 Å². The Balaban J connectivity index is 3.42. The molecule has 0 saturated carbocycles. The number of pyridine rings is 1. The van der Waals surface area contributed by atoms with Gasteiger partial charge in [-0.15, -0.1) is 0 Å². The lowest BCUT2D eigenvalue weighted by Gasteiger charge is -1.97. The van der Waals surface area contributed by atoms with Gasteiger partial charge in [0.1, 0.15) is 11.9 Å². The van der Waals surface area contributed by atoms with Crippen LogP contribution in [-0.2, 0) is 0 Å². The van der Waals surface area contributed by atoms with E-state index < -0.39 is 11.6 Å². The van der Waals surface area contributed by atoms with Gasteiger partial charge in [-0.25, -0.2) is 9.37 Å². The van der Waals surface area contributed by atoms with Crippen LogP contribution in [0.5, 0.6) is 0 Å². The third kappa shape index (κ3) is 1.30. The van der Waals surface area contributed by atoms with Crippen LogP contribution in [0.2, 0.25) is 0 Å². The average molecular weight is 164 g/mol. The van der Waals surface area contributed by atoms with Gasteiger partial charge in [0.15, 0.2) is 11.5 Å². The first-order valence-electron chi connectivity index (χ1n) is 3.22. The van der Waals surface area contributed by atoms with Crippen molar-refractivity contribution in [2.75, 3.05) is 0 Å². The fraction of sp³-hybridized carbons (Fsp3) is 0.125. The van der Waals surface area contributed by atoms with Gasteiger partial charge in [-0.1, -0.05) is 0 Å². The molecular formula is C8H5FN2O. The number of carbonyl (C=O) groups is 1. The Morgan fingerprint density at radius 2 is 2.42 bits per heavy atom. The first kappa shape index (κ1) is 8.34. The summed E-state index contributed by atoms with van der Waals surface area (Å²) in [7, 11) is 0. The number of hydrogen-bond donors (Lipinski definition) is 0. The zero-order valence-corrected chi connectivity index (χ0v) is 6.34. The number of ketones is 1. The van der Waals surface area contributed by atoms with Crippen LogP contribution in [0.1, 0.15) is 23.0 Å². The fourth-order valence-corrected chi connectivity index (χ4v) is 0.858. The highest BCUT2D eigenvalue weighted by atomic mass is 19.1. The van der Waals surface area contributed by atoms with E-state index in [1.54, 1.807) is 6.07 Å². The Bertz CT molecular complexity index is 368. The topological polar surface area (TPSA) is 53.8 Å². The molecule has 1 heterocycles. The highest BCUT2D eigenvalue weighted by molar-refractivity contribution is 5.96. The Morgan fingerprint density at radius 3 is 2.83 bits per heavy atom. The van der Waals surface area contributed by atoms with Gasteiger partial charge in [-0.3, -0.25) is 4.79 Å². The maximum Gasteiger partial charge on any atom is 0.165 e. The largest absolute Gasteiger partial charge is 0.294 e. The van der Waals surface area contributed by atoms with Crippen LogP contribution >= 0.6 is 0 Å². The minimum Gasteiger partial charge on any atom is -0.294 e. The Hall–Kier alpha value is -1.76. The highest BCUT2D eigenvalue weighted by Gasteiger charge is 2.13. The maximum absolute atomic E-state index is 12.9. The van der Waals surface area contributed by atoms with Gasteiger partial charge in [0.05, 0.1) is 5.56 Å². The van der Waals surface area contributed by atoms with Crippen molar-refractivity contribution in [3.63, 3.8) is 0 Å². The summed E-state index contributed by atoms with van der Waals surface area (Å²) in [5.41, 5.74) is -0.400. The summed E-state index contributed by atoms with van der Waals surface area (Å²) in [5, 5.41) is 8.46. The van der Waals surface area contributed by atoms with E-state index >= 15 is 0 Å². The van der Waals surface area contributed by atoms with Crippen LogP contribution in [0.15, 0.2) is 12.3 Å². The lowest BCUT2D eigenvalue weighted by atomic mass is 10.1. The third-order valence-electron chi connectivity index (χ3n) is 1.36. The number of nitriles is 1.